The minimum Gasteiger partial charge on any atom is -0.393 e. The average Bonchev–Trinajstić information content (AvgIpc) is 2.83. The molecule has 0 radical (unpaired) electrons. The normalized spacial score (nSPS) is 19.4. The highest BCUT2D eigenvalue weighted by Crippen LogP contribution is 2.25. The molecule has 2 aliphatic heterocycles. The fraction of sp³-hybridized carbons (Fsp3) is 0.500. The van der Waals surface area contributed by atoms with Crippen molar-refractivity contribution in [1.82, 2.24) is 9.80 Å². The van der Waals surface area contributed by atoms with E-state index in [1.54, 1.807) is 0 Å². The van der Waals surface area contributed by atoms with Crippen molar-refractivity contribution < 1.29 is 9.90 Å². The number of hydrogen-bond acceptors (Lipinski definition) is 4. The summed E-state index contributed by atoms with van der Waals surface area (Å²) in [6.45, 7) is 5.67. The lowest BCUT2D eigenvalue weighted by molar-refractivity contribution is 0.0437. The third kappa shape index (κ3) is 5.66. The Hall–Kier alpha value is -2.37. The number of amides is 1. The molecule has 0 spiro atoms. The van der Waals surface area contributed by atoms with E-state index in [1.807, 2.05) is 35.2 Å². The maximum Gasteiger partial charge on any atom is 0.253 e. The molecule has 5 nitrogen and oxygen atoms in total. The maximum atomic E-state index is 13.0. The predicted molar refractivity (Wildman–Crippen MR) is 126 cm³/mol. The molecule has 1 amide bonds. The van der Waals surface area contributed by atoms with Crippen molar-refractivity contribution in [3.63, 3.8) is 0 Å². The van der Waals surface area contributed by atoms with E-state index in [0.29, 0.717) is 0 Å². The molecule has 2 aromatic carbocycles. The summed E-state index contributed by atoms with van der Waals surface area (Å²) in [6, 6.07) is 18.4. The average molecular weight is 422 g/mol. The van der Waals surface area contributed by atoms with Gasteiger partial charge in [0.25, 0.3) is 5.91 Å². The monoisotopic (exact) mass is 421 g/mol. The Bertz CT molecular complexity index is 823. The van der Waals surface area contributed by atoms with Crippen LogP contribution >= 0.6 is 0 Å². The van der Waals surface area contributed by atoms with Crippen LogP contribution in [0.2, 0.25) is 0 Å². The Kier molecular flexibility index (Phi) is 7.25. The van der Waals surface area contributed by atoms with Crippen LogP contribution in [0.25, 0.3) is 0 Å². The van der Waals surface area contributed by atoms with E-state index < -0.39 is 0 Å². The number of rotatable bonds is 6. The number of anilines is 1. The van der Waals surface area contributed by atoms with Gasteiger partial charge in [-0.15, -0.1) is 0 Å². The first-order chi connectivity index (χ1) is 15.1. The molecule has 2 fully saturated rings. The van der Waals surface area contributed by atoms with Gasteiger partial charge in [-0.3, -0.25) is 4.79 Å². The molecule has 1 unspecified atom stereocenters. The Balaban J connectivity index is 1.25. The molecule has 0 aromatic heterocycles. The first-order valence-electron chi connectivity index (χ1n) is 11.6. The lowest BCUT2D eigenvalue weighted by atomic mass is 9.88. The fourth-order valence-electron chi connectivity index (χ4n) is 4.74. The summed E-state index contributed by atoms with van der Waals surface area (Å²) in [6.07, 6.45) is 3.15. The number of benzene rings is 2. The second-order valence-electron chi connectivity index (χ2n) is 9.06. The van der Waals surface area contributed by atoms with Gasteiger partial charge in [0, 0.05) is 50.5 Å². The molecule has 0 saturated carbocycles. The van der Waals surface area contributed by atoms with Gasteiger partial charge in [-0.1, -0.05) is 30.3 Å². The van der Waals surface area contributed by atoms with E-state index in [4.69, 9.17) is 0 Å². The number of piperazine rings is 1. The van der Waals surface area contributed by atoms with Gasteiger partial charge < -0.3 is 19.8 Å². The van der Waals surface area contributed by atoms with Crippen LogP contribution in [0.5, 0.6) is 0 Å². The molecule has 31 heavy (non-hydrogen) atoms. The first kappa shape index (κ1) is 21.8. The number of aryl methyl sites for hydroxylation is 1. The van der Waals surface area contributed by atoms with E-state index in [2.05, 4.69) is 41.1 Å². The summed E-state index contributed by atoms with van der Waals surface area (Å²) in [5.41, 5.74) is 3.24. The molecule has 4 rings (SSSR count). The van der Waals surface area contributed by atoms with Crippen molar-refractivity contribution >= 4 is 11.6 Å². The largest absolute Gasteiger partial charge is 0.393 e. The highest BCUT2D eigenvalue weighted by atomic mass is 16.3. The molecular weight excluding hydrogens is 386 g/mol. The topological polar surface area (TPSA) is 47.0 Å². The summed E-state index contributed by atoms with van der Waals surface area (Å²) in [5.74, 6) is 0.398. The van der Waals surface area contributed by atoms with Gasteiger partial charge in [0.05, 0.1) is 6.10 Å². The molecule has 1 atom stereocenters. The van der Waals surface area contributed by atoms with E-state index in [-0.39, 0.29) is 17.9 Å². The molecule has 2 aromatic rings. The summed E-state index contributed by atoms with van der Waals surface area (Å²) in [4.78, 5) is 19.6. The van der Waals surface area contributed by atoms with Crippen molar-refractivity contribution in [2.45, 2.75) is 31.8 Å². The van der Waals surface area contributed by atoms with Gasteiger partial charge in [0.15, 0.2) is 0 Å². The van der Waals surface area contributed by atoms with Gasteiger partial charge in [-0.05, 0) is 68.5 Å². The van der Waals surface area contributed by atoms with E-state index in [0.717, 1.165) is 70.5 Å². The quantitative estimate of drug-likeness (QED) is 0.778. The van der Waals surface area contributed by atoms with Crippen LogP contribution in [0.4, 0.5) is 5.69 Å². The zero-order chi connectivity index (χ0) is 21.6. The third-order valence-electron chi connectivity index (χ3n) is 6.93. The Morgan fingerprint density at radius 2 is 1.58 bits per heavy atom. The molecule has 0 bridgehead atoms. The van der Waals surface area contributed by atoms with Gasteiger partial charge in [0.1, 0.15) is 0 Å². The lowest BCUT2D eigenvalue weighted by Gasteiger charge is -2.35. The van der Waals surface area contributed by atoms with Crippen LogP contribution in [0.3, 0.4) is 0 Å². The van der Waals surface area contributed by atoms with Crippen molar-refractivity contribution in [3.05, 3.63) is 65.7 Å². The molecule has 2 saturated heterocycles. The summed E-state index contributed by atoms with van der Waals surface area (Å²) >= 11 is 0. The first-order valence-corrected chi connectivity index (χ1v) is 11.6. The Labute approximate surface area is 186 Å². The van der Waals surface area contributed by atoms with Crippen LogP contribution < -0.4 is 4.90 Å². The van der Waals surface area contributed by atoms with Crippen LogP contribution in [-0.4, -0.2) is 73.2 Å². The molecule has 2 heterocycles. The molecule has 5 heteroatoms. The molecule has 166 valence electrons. The predicted octanol–water partition coefficient (Wildman–Crippen LogP) is 3.28. The SMILES string of the molecule is CN1CCN(c2ccc(C(=O)N3CCC(C(O)CCc4ccccc4)CC3)cc2)CC1. The standard InChI is InChI=1S/C26H35N3O2/c1-27-17-19-28(20-18-27)24-10-8-23(9-11-24)26(31)29-15-13-22(14-16-29)25(30)12-7-21-5-3-2-4-6-21/h2-6,8-11,22,25,30H,7,12-20H2,1H3. The minimum atomic E-state index is -0.291. The number of nitrogens with zero attached hydrogens (tertiary/aromatic N) is 3. The molecule has 1 N–H and O–H groups in total. The number of carbonyl (C=O) groups is 1. The Morgan fingerprint density at radius 1 is 0.935 bits per heavy atom. The number of piperidine rings is 1. The van der Waals surface area contributed by atoms with Gasteiger partial charge in [0.2, 0.25) is 0 Å². The van der Waals surface area contributed by atoms with Crippen LogP contribution in [0, 0.1) is 5.92 Å². The molecular formula is C26H35N3O2. The van der Waals surface area contributed by atoms with E-state index in [9.17, 15) is 9.90 Å². The highest BCUT2D eigenvalue weighted by molar-refractivity contribution is 5.94. The van der Waals surface area contributed by atoms with Gasteiger partial charge in [-0.2, -0.15) is 0 Å². The summed E-state index contributed by atoms with van der Waals surface area (Å²) < 4.78 is 0. The zero-order valence-corrected chi connectivity index (χ0v) is 18.6. The van der Waals surface area contributed by atoms with Crippen molar-refractivity contribution in [2.75, 3.05) is 51.2 Å². The fourth-order valence-corrected chi connectivity index (χ4v) is 4.74. The van der Waals surface area contributed by atoms with E-state index in [1.165, 1.54) is 11.3 Å². The summed E-state index contributed by atoms with van der Waals surface area (Å²) in [7, 11) is 2.16. The smallest absolute Gasteiger partial charge is 0.253 e. The molecule has 2 aliphatic rings. The third-order valence-corrected chi connectivity index (χ3v) is 6.93. The lowest BCUT2D eigenvalue weighted by Crippen LogP contribution is -2.44. The van der Waals surface area contributed by atoms with Crippen molar-refractivity contribution in [2.24, 2.45) is 5.92 Å². The summed E-state index contributed by atoms with van der Waals surface area (Å²) in [5, 5.41) is 10.6. The van der Waals surface area contributed by atoms with Crippen LogP contribution in [0.1, 0.15) is 35.2 Å². The van der Waals surface area contributed by atoms with Crippen LogP contribution in [0.15, 0.2) is 54.6 Å². The second kappa shape index (κ2) is 10.3. The van der Waals surface area contributed by atoms with Crippen molar-refractivity contribution in [3.8, 4) is 0 Å². The van der Waals surface area contributed by atoms with Crippen LogP contribution in [-0.2, 0) is 6.42 Å². The molecule has 0 aliphatic carbocycles. The highest BCUT2D eigenvalue weighted by Gasteiger charge is 2.28. The number of carbonyl (C=O) groups excluding carboxylic acids is 1. The number of hydrogen-bond donors (Lipinski definition) is 1. The van der Waals surface area contributed by atoms with E-state index >= 15 is 0 Å². The maximum absolute atomic E-state index is 13.0. The Morgan fingerprint density at radius 3 is 2.23 bits per heavy atom. The number of aliphatic hydroxyl groups is 1. The van der Waals surface area contributed by atoms with Gasteiger partial charge >= 0.3 is 0 Å². The van der Waals surface area contributed by atoms with Crippen molar-refractivity contribution in [1.29, 1.82) is 0 Å². The minimum absolute atomic E-state index is 0.113. The van der Waals surface area contributed by atoms with Gasteiger partial charge in [-0.25, -0.2) is 0 Å². The number of aliphatic hydroxyl groups excluding tert-OH is 1. The zero-order valence-electron chi connectivity index (χ0n) is 18.6. The number of likely N-dealkylation sites (tertiary alicyclic amines) is 1. The number of likely N-dealkylation sites (N-methyl/N-ethyl adjacent to an activating group) is 1. The second-order valence-corrected chi connectivity index (χ2v) is 9.06.